The van der Waals surface area contributed by atoms with Crippen LogP contribution in [0.25, 0.3) is 16.7 Å². The Morgan fingerprint density at radius 3 is 2.37 bits per heavy atom. The average Bonchev–Trinajstić information content (AvgIpc) is 3.11. The Morgan fingerprint density at radius 2 is 1.73 bits per heavy atom. The third-order valence-corrected chi connectivity index (χ3v) is 6.70. The highest BCUT2D eigenvalue weighted by Gasteiger charge is 2.31. The van der Waals surface area contributed by atoms with Crippen molar-refractivity contribution in [2.24, 2.45) is 0 Å². The van der Waals surface area contributed by atoms with Crippen molar-refractivity contribution in [3.63, 3.8) is 0 Å². The number of ether oxygens (including phenoxy) is 1. The fourth-order valence-corrected chi connectivity index (χ4v) is 4.85. The normalized spacial score (nSPS) is 17.8. The Bertz CT molecular complexity index is 1080. The van der Waals surface area contributed by atoms with Crippen molar-refractivity contribution in [1.82, 2.24) is 14.8 Å². The highest BCUT2D eigenvalue weighted by atomic mass is 19.1. The lowest BCUT2D eigenvalue weighted by Gasteiger charge is -2.26. The first-order valence-corrected chi connectivity index (χ1v) is 10.9. The van der Waals surface area contributed by atoms with Crippen LogP contribution in [-0.2, 0) is 4.74 Å². The van der Waals surface area contributed by atoms with Crippen molar-refractivity contribution in [1.29, 1.82) is 0 Å². The largest absolute Gasteiger partial charge is 0.464 e. The SMILES string of the molecule is COC(=O)c1cc(C2CCCCC2)c2c(C3CCC3)nn(-c3ccc(F)cc3)c2n1. The Labute approximate surface area is 175 Å². The average molecular weight is 407 g/mol. The molecular weight excluding hydrogens is 381 g/mol. The third-order valence-electron chi connectivity index (χ3n) is 6.70. The molecule has 2 aliphatic carbocycles. The molecule has 2 heterocycles. The molecule has 3 aromatic rings. The lowest BCUT2D eigenvalue weighted by atomic mass is 9.78. The van der Waals surface area contributed by atoms with Crippen molar-refractivity contribution in [2.75, 3.05) is 7.11 Å². The number of fused-ring (bicyclic) bond motifs is 1. The van der Waals surface area contributed by atoms with Gasteiger partial charge in [0.1, 0.15) is 5.82 Å². The van der Waals surface area contributed by atoms with E-state index in [1.165, 1.54) is 50.5 Å². The van der Waals surface area contributed by atoms with Crippen molar-refractivity contribution in [3.05, 3.63) is 53.1 Å². The van der Waals surface area contributed by atoms with Gasteiger partial charge in [0.25, 0.3) is 0 Å². The van der Waals surface area contributed by atoms with E-state index in [1.54, 1.807) is 16.8 Å². The number of pyridine rings is 1. The zero-order valence-electron chi connectivity index (χ0n) is 17.2. The van der Waals surface area contributed by atoms with Crippen LogP contribution in [0.4, 0.5) is 4.39 Å². The number of carbonyl (C=O) groups is 1. The second-order valence-electron chi connectivity index (χ2n) is 8.52. The van der Waals surface area contributed by atoms with Gasteiger partial charge in [-0.3, -0.25) is 0 Å². The topological polar surface area (TPSA) is 57.0 Å². The fourth-order valence-electron chi connectivity index (χ4n) is 4.85. The second kappa shape index (κ2) is 7.82. The summed E-state index contributed by atoms with van der Waals surface area (Å²) in [5.74, 6) is 0.0891. The molecule has 0 spiro atoms. The number of aromatic nitrogens is 3. The number of nitrogens with zero attached hydrogens (tertiary/aromatic N) is 3. The van der Waals surface area contributed by atoms with Crippen LogP contribution >= 0.6 is 0 Å². The van der Waals surface area contributed by atoms with Gasteiger partial charge in [-0.2, -0.15) is 5.10 Å². The molecule has 0 atom stereocenters. The second-order valence-corrected chi connectivity index (χ2v) is 8.52. The van der Waals surface area contributed by atoms with Gasteiger partial charge in [0, 0.05) is 11.3 Å². The molecular formula is C24H26FN3O2. The first-order chi connectivity index (χ1) is 14.7. The molecule has 0 amide bonds. The molecule has 0 unspecified atom stereocenters. The Hall–Kier alpha value is -2.76. The molecule has 0 aliphatic heterocycles. The van der Waals surface area contributed by atoms with Gasteiger partial charge in [-0.25, -0.2) is 18.9 Å². The Kier molecular flexibility index (Phi) is 5.01. The number of hydrogen-bond donors (Lipinski definition) is 0. The summed E-state index contributed by atoms with van der Waals surface area (Å²) in [4.78, 5) is 17.1. The molecule has 0 radical (unpaired) electrons. The molecule has 2 saturated carbocycles. The summed E-state index contributed by atoms with van der Waals surface area (Å²) in [6, 6.07) is 8.21. The number of halogens is 1. The monoisotopic (exact) mass is 407 g/mol. The van der Waals surface area contributed by atoms with E-state index >= 15 is 0 Å². The van der Waals surface area contributed by atoms with Gasteiger partial charge in [0.2, 0.25) is 0 Å². The smallest absolute Gasteiger partial charge is 0.356 e. The van der Waals surface area contributed by atoms with E-state index in [9.17, 15) is 9.18 Å². The number of esters is 1. The minimum Gasteiger partial charge on any atom is -0.464 e. The molecule has 2 aliphatic rings. The van der Waals surface area contributed by atoms with Crippen molar-refractivity contribution in [2.45, 2.75) is 63.2 Å². The lowest BCUT2D eigenvalue weighted by molar-refractivity contribution is 0.0594. The van der Waals surface area contributed by atoms with Crippen molar-refractivity contribution in [3.8, 4) is 5.69 Å². The molecule has 0 N–H and O–H groups in total. The summed E-state index contributed by atoms with van der Waals surface area (Å²) in [5, 5.41) is 6.06. The first kappa shape index (κ1) is 19.2. The molecule has 156 valence electrons. The zero-order chi connectivity index (χ0) is 20.7. The van der Waals surface area contributed by atoms with Gasteiger partial charge in [-0.05, 0) is 67.5 Å². The number of benzene rings is 1. The molecule has 1 aromatic carbocycles. The quantitative estimate of drug-likeness (QED) is 0.524. The number of carbonyl (C=O) groups excluding carboxylic acids is 1. The minimum atomic E-state index is -0.439. The van der Waals surface area contributed by atoms with Crippen LogP contribution < -0.4 is 0 Å². The number of rotatable bonds is 4. The van der Waals surface area contributed by atoms with Crippen LogP contribution in [0.2, 0.25) is 0 Å². The summed E-state index contributed by atoms with van der Waals surface area (Å²) in [6.07, 6.45) is 9.36. The summed E-state index contributed by atoms with van der Waals surface area (Å²) in [7, 11) is 1.38. The molecule has 0 bridgehead atoms. The lowest BCUT2D eigenvalue weighted by Crippen LogP contribution is -2.13. The van der Waals surface area contributed by atoms with Crippen LogP contribution in [0.1, 0.15) is 84.9 Å². The molecule has 2 fully saturated rings. The van der Waals surface area contributed by atoms with Crippen LogP contribution in [0.5, 0.6) is 0 Å². The molecule has 2 aromatic heterocycles. The van der Waals surface area contributed by atoms with Gasteiger partial charge >= 0.3 is 5.97 Å². The van der Waals surface area contributed by atoms with Gasteiger partial charge in [0.15, 0.2) is 11.3 Å². The zero-order valence-corrected chi connectivity index (χ0v) is 17.2. The van der Waals surface area contributed by atoms with Crippen molar-refractivity contribution >= 4 is 17.0 Å². The molecule has 5 rings (SSSR count). The van der Waals surface area contributed by atoms with Gasteiger partial charge in [-0.1, -0.05) is 25.7 Å². The van der Waals surface area contributed by atoms with E-state index in [2.05, 4.69) is 0 Å². The summed E-state index contributed by atoms with van der Waals surface area (Å²) < 4.78 is 20.3. The predicted octanol–water partition coefficient (Wildman–Crippen LogP) is 5.66. The van der Waals surface area contributed by atoms with E-state index in [0.29, 0.717) is 23.2 Å². The van der Waals surface area contributed by atoms with E-state index in [1.807, 2.05) is 6.07 Å². The summed E-state index contributed by atoms with van der Waals surface area (Å²) in [5.41, 5.74) is 3.98. The summed E-state index contributed by atoms with van der Waals surface area (Å²) >= 11 is 0. The molecule has 5 nitrogen and oxygen atoms in total. The van der Waals surface area contributed by atoms with E-state index in [4.69, 9.17) is 14.8 Å². The van der Waals surface area contributed by atoms with E-state index in [-0.39, 0.29) is 5.82 Å². The predicted molar refractivity (Wildman–Crippen MR) is 113 cm³/mol. The van der Waals surface area contributed by atoms with Crippen LogP contribution in [0.3, 0.4) is 0 Å². The fraction of sp³-hybridized carbons (Fsp3) is 0.458. The standard InChI is InChI=1S/C24H26FN3O2/c1-30-24(29)20-14-19(15-6-3-2-4-7-15)21-22(16-8-5-9-16)27-28(23(21)26-20)18-12-10-17(25)11-13-18/h10-16H,2-9H2,1H3. The number of hydrogen-bond acceptors (Lipinski definition) is 4. The van der Waals surface area contributed by atoms with Crippen LogP contribution in [0.15, 0.2) is 30.3 Å². The van der Waals surface area contributed by atoms with Gasteiger partial charge in [0.05, 0.1) is 18.5 Å². The van der Waals surface area contributed by atoms with Gasteiger partial charge in [-0.15, -0.1) is 0 Å². The summed E-state index contributed by atoms with van der Waals surface area (Å²) in [6.45, 7) is 0. The molecule has 0 saturated heterocycles. The van der Waals surface area contributed by atoms with Gasteiger partial charge < -0.3 is 4.74 Å². The maximum atomic E-state index is 13.5. The van der Waals surface area contributed by atoms with Crippen LogP contribution in [0, 0.1) is 5.82 Å². The van der Waals surface area contributed by atoms with Crippen molar-refractivity contribution < 1.29 is 13.9 Å². The third kappa shape index (κ3) is 3.28. The maximum absolute atomic E-state index is 13.5. The molecule has 6 heteroatoms. The van der Waals surface area contributed by atoms with E-state index < -0.39 is 5.97 Å². The highest BCUT2D eigenvalue weighted by molar-refractivity contribution is 5.93. The maximum Gasteiger partial charge on any atom is 0.356 e. The van der Waals surface area contributed by atoms with Crippen LogP contribution in [-0.4, -0.2) is 27.8 Å². The van der Waals surface area contributed by atoms with E-state index in [0.717, 1.165) is 42.5 Å². The Balaban J connectivity index is 1.77. The Morgan fingerprint density at radius 1 is 1.03 bits per heavy atom. The minimum absolute atomic E-state index is 0.291. The molecule has 30 heavy (non-hydrogen) atoms. The first-order valence-electron chi connectivity index (χ1n) is 10.9. The number of methoxy groups -OCH3 is 1. The highest BCUT2D eigenvalue weighted by Crippen LogP contribution is 2.44.